The minimum Gasteiger partial charge on any atom is -0.493 e. The highest BCUT2D eigenvalue weighted by Gasteiger charge is 2.26. The molecule has 1 aromatic heterocycles. The number of hydrogen-bond donors (Lipinski definition) is 2. The van der Waals surface area contributed by atoms with Crippen molar-refractivity contribution in [2.45, 2.75) is 58.9 Å². The van der Waals surface area contributed by atoms with Gasteiger partial charge in [-0.1, -0.05) is 6.92 Å². The predicted octanol–water partition coefficient (Wildman–Crippen LogP) is 4.36. The topological polar surface area (TPSA) is 83.9 Å². The van der Waals surface area contributed by atoms with E-state index < -0.39 is 0 Å². The number of benzene rings is 1. The zero-order valence-electron chi connectivity index (χ0n) is 19.8. The summed E-state index contributed by atoms with van der Waals surface area (Å²) >= 11 is 0. The van der Waals surface area contributed by atoms with Gasteiger partial charge in [-0.3, -0.25) is 4.79 Å². The van der Waals surface area contributed by atoms with Crippen molar-refractivity contribution in [3.05, 3.63) is 23.3 Å². The van der Waals surface area contributed by atoms with Gasteiger partial charge in [-0.15, -0.1) is 0 Å². The zero-order valence-corrected chi connectivity index (χ0v) is 19.8. The van der Waals surface area contributed by atoms with E-state index in [2.05, 4.69) is 43.1 Å². The first-order chi connectivity index (χ1) is 15.5. The first kappa shape index (κ1) is 24.1. The van der Waals surface area contributed by atoms with Gasteiger partial charge in [0.1, 0.15) is 5.82 Å². The van der Waals surface area contributed by atoms with Gasteiger partial charge in [0.25, 0.3) is 6.47 Å². The summed E-state index contributed by atoms with van der Waals surface area (Å²) in [5.41, 5.74) is 3.79. The van der Waals surface area contributed by atoms with E-state index in [1.165, 1.54) is 42.4 Å². The van der Waals surface area contributed by atoms with E-state index in [4.69, 9.17) is 24.4 Å². The van der Waals surface area contributed by atoms with Crippen LogP contribution in [0.25, 0.3) is 10.9 Å². The molecule has 1 unspecified atom stereocenters. The van der Waals surface area contributed by atoms with Crippen LogP contribution in [-0.4, -0.2) is 60.9 Å². The third kappa shape index (κ3) is 5.82. The van der Waals surface area contributed by atoms with Crippen LogP contribution >= 0.6 is 0 Å². The predicted molar refractivity (Wildman–Crippen MR) is 128 cm³/mol. The number of nitrogens with zero attached hydrogens (tertiary/aromatic N) is 2. The van der Waals surface area contributed by atoms with Gasteiger partial charge in [0.05, 0.1) is 19.2 Å². The average Bonchev–Trinajstić information content (AvgIpc) is 3.40. The first-order valence-electron chi connectivity index (χ1n) is 11.7. The van der Waals surface area contributed by atoms with Crippen molar-refractivity contribution in [1.82, 2.24) is 9.88 Å². The number of hydrogen-bond acceptors (Lipinski definition) is 6. The third-order valence-corrected chi connectivity index (χ3v) is 6.09. The number of rotatable bonds is 8. The van der Waals surface area contributed by atoms with E-state index in [1.54, 1.807) is 7.11 Å². The fourth-order valence-electron chi connectivity index (χ4n) is 4.74. The van der Waals surface area contributed by atoms with E-state index in [1.807, 2.05) is 0 Å². The number of methoxy groups -OCH3 is 1. The van der Waals surface area contributed by atoms with Crippen LogP contribution in [0.1, 0.15) is 51.2 Å². The first-order valence-corrected chi connectivity index (χ1v) is 11.7. The number of fused-ring (bicyclic) bond motifs is 3. The van der Waals surface area contributed by atoms with Crippen LogP contribution in [-0.2, 0) is 17.6 Å². The lowest BCUT2D eigenvalue weighted by atomic mass is 10.0. The molecule has 1 atom stereocenters. The lowest BCUT2D eigenvalue weighted by molar-refractivity contribution is -0.122. The highest BCUT2D eigenvalue weighted by molar-refractivity contribution is 5.89. The van der Waals surface area contributed by atoms with Crippen molar-refractivity contribution in [2.75, 3.05) is 38.7 Å². The molecule has 7 heteroatoms. The van der Waals surface area contributed by atoms with E-state index in [0.717, 1.165) is 48.6 Å². The molecule has 32 heavy (non-hydrogen) atoms. The van der Waals surface area contributed by atoms with E-state index in [-0.39, 0.29) is 6.47 Å². The fourth-order valence-corrected chi connectivity index (χ4v) is 4.74. The summed E-state index contributed by atoms with van der Waals surface area (Å²) in [6, 6.07) is 4.56. The van der Waals surface area contributed by atoms with E-state index >= 15 is 0 Å². The van der Waals surface area contributed by atoms with Gasteiger partial charge in [0, 0.05) is 24.0 Å². The molecule has 1 aliphatic heterocycles. The van der Waals surface area contributed by atoms with Crippen molar-refractivity contribution in [1.29, 1.82) is 0 Å². The summed E-state index contributed by atoms with van der Waals surface area (Å²) in [5.74, 6) is 3.30. The van der Waals surface area contributed by atoms with Gasteiger partial charge >= 0.3 is 0 Å². The summed E-state index contributed by atoms with van der Waals surface area (Å²) in [7, 11) is 1.73. The summed E-state index contributed by atoms with van der Waals surface area (Å²) in [6.07, 6.45) is 5.89. The molecule has 1 saturated heterocycles. The lowest BCUT2D eigenvalue weighted by Crippen LogP contribution is -2.21. The third-order valence-electron chi connectivity index (χ3n) is 6.09. The minimum atomic E-state index is -0.250. The molecule has 1 fully saturated rings. The number of carbonyl (C=O) groups is 1. The SMILES string of the molecule is COc1cc2c3c(c(NC(C)C)nc2cc1OCCCN1CCCC1)CC(C)C3.O=CO. The largest absolute Gasteiger partial charge is 0.493 e. The van der Waals surface area contributed by atoms with Gasteiger partial charge in [-0.05, 0) is 82.2 Å². The van der Waals surface area contributed by atoms with Crippen molar-refractivity contribution < 1.29 is 19.4 Å². The Hall–Kier alpha value is -2.54. The summed E-state index contributed by atoms with van der Waals surface area (Å²) in [6.45, 7) is 10.7. The van der Waals surface area contributed by atoms with Gasteiger partial charge in [0.15, 0.2) is 11.5 Å². The number of likely N-dealkylation sites (tertiary alicyclic amines) is 1. The molecule has 2 heterocycles. The number of carboxylic acid groups (broad SMARTS) is 1. The van der Waals surface area contributed by atoms with Gasteiger partial charge < -0.3 is 24.8 Å². The Morgan fingerprint density at radius 3 is 2.56 bits per heavy atom. The molecule has 0 spiro atoms. The second kappa shape index (κ2) is 11.4. The fraction of sp³-hybridized carbons (Fsp3) is 0.600. The molecule has 0 bridgehead atoms. The van der Waals surface area contributed by atoms with Crippen molar-refractivity contribution >= 4 is 23.2 Å². The normalized spacial score (nSPS) is 17.7. The van der Waals surface area contributed by atoms with Crippen molar-refractivity contribution in [3.8, 4) is 11.5 Å². The molecule has 2 N–H and O–H groups in total. The van der Waals surface area contributed by atoms with E-state index in [0.29, 0.717) is 18.6 Å². The van der Waals surface area contributed by atoms with Gasteiger partial charge in [0.2, 0.25) is 0 Å². The van der Waals surface area contributed by atoms with Crippen molar-refractivity contribution in [2.24, 2.45) is 5.92 Å². The average molecular weight is 444 g/mol. The zero-order chi connectivity index (χ0) is 23.1. The Balaban J connectivity index is 0.000000913. The van der Waals surface area contributed by atoms with E-state index in [9.17, 15) is 0 Å². The maximum Gasteiger partial charge on any atom is 0.290 e. The number of anilines is 1. The molecular weight excluding hydrogens is 406 g/mol. The van der Waals surface area contributed by atoms with Crippen LogP contribution in [0.15, 0.2) is 12.1 Å². The molecule has 7 nitrogen and oxygen atoms in total. The molecule has 2 aliphatic rings. The van der Waals surface area contributed by atoms with Crippen LogP contribution in [0.3, 0.4) is 0 Å². The minimum absolute atomic E-state index is 0.250. The number of aromatic nitrogens is 1. The number of nitrogens with one attached hydrogen (secondary N) is 1. The quantitative estimate of drug-likeness (QED) is 0.463. The molecule has 0 radical (unpaired) electrons. The Bertz CT molecular complexity index is 910. The van der Waals surface area contributed by atoms with Gasteiger partial charge in [-0.2, -0.15) is 0 Å². The monoisotopic (exact) mass is 443 g/mol. The highest BCUT2D eigenvalue weighted by Crippen LogP contribution is 2.40. The molecule has 2 aromatic rings. The highest BCUT2D eigenvalue weighted by atomic mass is 16.5. The van der Waals surface area contributed by atoms with Crippen LogP contribution in [0, 0.1) is 5.92 Å². The Morgan fingerprint density at radius 2 is 1.91 bits per heavy atom. The Labute approximate surface area is 191 Å². The summed E-state index contributed by atoms with van der Waals surface area (Å²) in [5, 5.41) is 11.7. The van der Waals surface area contributed by atoms with Crippen LogP contribution in [0.4, 0.5) is 5.82 Å². The van der Waals surface area contributed by atoms with Crippen LogP contribution in [0.2, 0.25) is 0 Å². The smallest absolute Gasteiger partial charge is 0.290 e. The standard InChI is InChI=1S/C24H35N3O2.CH2O2/c1-16(2)25-24-20-13-17(3)12-18(20)19-14-22(28-4)23(15-21(19)26-24)29-11-7-10-27-8-5-6-9-27;2-1-3/h14-17H,5-13H2,1-4H3,(H,25,26);1H,(H,2,3). The molecule has 1 aromatic carbocycles. The van der Waals surface area contributed by atoms with Crippen molar-refractivity contribution in [3.63, 3.8) is 0 Å². The Kier molecular flexibility index (Phi) is 8.56. The molecule has 0 saturated carbocycles. The molecule has 176 valence electrons. The lowest BCUT2D eigenvalue weighted by Gasteiger charge is -2.18. The molecule has 4 rings (SSSR count). The molecular formula is C25H37N3O4. The molecule has 0 amide bonds. The second-order valence-corrected chi connectivity index (χ2v) is 9.11. The number of pyridine rings is 1. The van der Waals surface area contributed by atoms with Crippen LogP contribution in [0.5, 0.6) is 11.5 Å². The molecule has 1 aliphatic carbocycles. The second-order valence-electron chi connectivity index (χ2n) is 9.11. The summed E-state index contributed by atoms with van der Waals surface area (Å²) in [4.78, 5) is 15.9. The number of ether oxygens (including phenoxy) is 2. The van der Waals surface area contributed by atoms with Crippen LogP contribution < -0.4 is 14.8 Å². The maximum atomic E-state index is 8.36. The van der Waals surface area contributed by atoms with Gasteiger partial charge in [-0.25, -0.2) is 4.98 Å². The maximum absolute atomic E-state index is 8.36. The summed E-state index contributed by atoms with van der Waals surface area (Å²) < 4.78 is 11.8. The Morgan fingerprint density at radius 1 is 1.22 bits per heavy atom.